The van der Waals surface area contributed by atoms with Crippen molar-refractivity contribution in [3.63, 3.8) is 0 Å². The Balaban J connectivity index is 1.99. The molecule has 0 spiro atoms. The summed E-state index contributed by atoms with van der Waals surface area (Å²) in [5.74, 6) is -0.833. The molecule has 1 aliphatic heterocycles. The first-order valence-corrected chi connectivity index (χ1v) is 10.0. The van der Waals surface area contributed by atoms with Crippen LogP contribution in [-0.2, 0) is 14.3 Å². The van der Waals surface area contributed by atoms with Crippen LogP contribution in [0.25, 0.3) is 0 Å². The highest BCUT2D eigenvalue weighted by atomic mass is 32.2. The van der Waals surface area contributed by atoms with E-state index >= 15 is 0 Å². The van der Waals surface area contributed by atoms with Gasteiger partial charge in [0.05, 0.1) is 12.7 Å². The zero-order valence-corrected chi connectivity index (χ0v) is 16.5. The summed E-state index contributed by atoms with van der Waals surface area (Å²) in [5.41, 5.74) is 0.289. The van der Waals surface area contributed by atoms with Crippen LogP contribution in [0.3, 0.4) is 0 Å². The van der Waals surface area contributed by atoms with Crippen molar-refractivity contribution in [2.24, 2.45) is 0 Å². The van der Waals surface area contributed by atoms with Crippen molar-refractivity contribution in [2.75, 3.05) is 38.8 Å². The number of hydrogen-bond donors (Lipinski definition) is 2. The normalized spacial score (nSPS) is 14.2. The van der Waals surface area contributed by atoms with Crippen molar-refractivity contribution in [1.82, 2.24) is 15.5 Å². The second kappa shape index (κ2) is 10.5. The maximum Gasteiger partial charge on any atom is 0.329 e. The van der Waals surface area contributed by atoms with Crippen LogP contribution in [0.2, 0.25) is 0 Å². The molecular weight excluding hydrogens is 386 g/mol. The Morgan fingerprint density at radius 1 is 1.32 bits per heavy atom. The molecule has 1 fully saturated rings. The quantitative estimate of drug-likeness (QED) is 0.575. The van der Waals surface area contributed by atoms with Gasteiger partial charge in [-0.1, -0.05) is 12.1 Å². The number of ether oxygens (including phenoxy) is 2. The third-order valence-corrected chi connectivity index (χ3v) is 4.69. The summed E-state index contributed by atoms with van der Waals surface area (Å²) in [6, 6.07) is 5.21. The van der Waals surface area contributed by atoms with E-state index in [4.69, 9.17) is 9.47 Å². The molecule has 2 N–H and O–H groups in total. The van der Waals surface area contributed by atoms with E-state index in [9.17, 15) is 19.2 Å². The molecule has 0 saturated carbocycles. The SMILES string of the molecule is COc1ccccc1C(=O)N[C@H](CCSC)C(=O)OCC(=O)N1CCNC1=O. The van der Waals surface area contributed by atoms with Crippen LogP contribution in [-0.4, -0.2) is 73.6 Å². The summed E-state index contributed by atoms with van der Waals surface area (Å²) in [6.07, 6.45) is 2.21. The van der Waals surface area contributed by atoms with Crippen LogP contribution in [0.4, 0.5) is 4.79 Å². The summed E-state index contributed by atoms with van der Waals surface area (Å²) >= 11 is 1.51. The summed E-state index contributed by atoms with van der Waals surface area (Å²) in [6.45, 7) is 0.0338. The number of nitrogens with one attached hydrogen (secondary N) is 2. The Labute approximate surface area is 167 Å². The minimum Gasteiger partial charge on any atom is -0.496 e. The number of hydrogen-bond acceptors (Lipinski definition) is 7. The summed E-state index contributed by atoms with van der Waals surface area (Å²) in [4.78, 5) is 49.4. The molecule has 0 aliphatic carbocycles. The number of amides is 4. The van der Waals surface area contributed by atoms with E-state index in [1.807, 2.05) is 6.26 Å². The topological polar surface area (TPSA) is 114 Å². The number of para-hydroxylation sites is 1. The van der Waals surface area contributed by atoms with Crippen LogP contribution in [0.5, 0.6) is 5.75 Å². The van der Waals surface area contributed by atoms with E-state index in [1.165, 1.54) is 18.9 Å². The second-order valence-electron chi connectivity index (χ2n) is 5.89. The van der Waals surface area contributed by atoms with Gasteiger partial charge in [-0.25, -0.2) is 9.59 Å². The molecular formula is C18H23N3O6S. The number of nitrogens with zero attached hydrogens (tertiary/aromatic N) is 1. The molecule has 1 aliphatic rings. The zero-order valence-electron chi connectivity index (χ0n) is 15.7. The maximum absolute atomic E-state index is 12.6. The first kappa shape index (κ1) is 21.5. The lowest BCUT2D eigenvalue weighted by Gasteiger charge is -2.19. The minimum atomic E-state index is -0.926. The Morgan fingerprint density at radius 2 is 2.07 bits per heavy atom. The average molecular weight is 409 g/mol. The van der Waals surface area contributed by atoms with E-state index in [1.54, 1.807) is 24.3 Å². The molecule has 1 heterocycles. The molecule has 1 aromatic carbocycles. The van der Waals surface area contributed by atoms with E-state index in [-0.39, 0.29) is 12.1 Å². The number of benzene rings is 1. The molecule has 0 radical (unpaired) electrons. The Morgan fingerprint density at radius 3 is 2.71 bits per heavy atom. The van der Waals surface area contributed by atoms with Crippen molar-refractivity contribution in [3.05, 3.63) is 29.8 Å². The highest BCUT2D eigenvalue weighted by molar-refractivity contribution is 7.98. The van der Waals surface area contributed by atoms with Gasteiger partial charge in [-0.05, 0) is 30.6 Å². The predicted octanol–water partition coefficient (Wildman–Crippen LogP) is 0.642. The molecule has 28 heavy (non-hydrogen) atoms. The monoisotopic (exact) mass is 409 g/mol. The maximum atomic E-state index is 12.6. The average Bonchev–Trinajstić information content (AvgIpc) is 3.14. The van der Waals surface area contributed by atoms with Crippen LogP contribution in [0.1, 0.15) is 16.8 Å². The molecule has 9 nitrogen and oxygen atoms in total. The summed E-state index contributed by atoms with van der Waals surface area (Å²) in [5, 5.41) is 5.13. The van der Waals surface area contributed by atoms with Crippen LogP contribution in [0, 0.1) is 0 Å². The van der Waals surface area contributed by atoms with Crippen molar-refractivity contribution >= 4 is 35.6 Å². The number of urea groups is 1. The second-order valence-corrected chi connectivity index (χ2v) is 6.88. The van der Waals surface area contributed by atoms with Gasteiger partial charge in [0.25, 0.3) is 11.8 Å². The van der Waals surface area contributed by atoms with Crippen molar-refractivity contribution in [2.45, 2.75) is 12.5 Å². The van der Waals surface area contributed by atoms with Gasteiger partial charge >= 0.3 is 12.0 Å². The third-order valence-electron chi connectivity index (χ3n) is 4.05. The fourth-order valence-electron chi connectivity index (χ4n) is 2.57. The largest absolute Gasteiger partial charge is 0.496 e. The number of imide groups is 1. The minimum absolute atomic E-state index is 0.232. The molecule has 0 aromatic heterocycles. The molecule has 2 rings (SSSR count). The van der Waals surface area contributed by atoms with Crippen molar-refractivity contribution < 1.29 is 28.7 Å². The highest BCUT2D eigenvalue weighted by Gasteiger charge is 2.29. The van der Waals surface area contributed by atoms with Gasteiger partial charge in [-0.3, -0.25) is 14.5 Å². The Hall–Kier alpha value is -2.75. The molecule has 0 unspecified atom stereocenters. The smallest absolute Gasteiger partial charge is 0.329 e. The van der Waals surface area contributed by atoms with Gasteiger partial charge in [0, 0.05) is 13.1 Å². The number of thioether (sulfide) groups is 1. The highest BCUT2D eigenvalue weighted by Crippen LogP contribution is 2.17. The van der Waals surface area contributed by atoms with Gasteiger partial charge in [0.1, 0.15) is 11.8 Å². The van der Waals surface area contributed by atoms with Crippen molar-refractivity contribution in [3.8, 4) is 5.75 Å². The lowest BCUT2D eigenvalue weighted by Crippen LogP contribution is -2.44. The lowest BCUT2D eigenvalue weighted by atomic mass is 10.1. The van der Waals surface area contributed by atoms with Gasteiger partial charge in [-0.2, -0.15) is 11.8 Å². The van der Waals surface area contributed by atoms with Gasteiger partial charge < -0.3 is 20.1 Å². The number of methoxy groups -OCH3 is 1. The standard InChI is InChI=1S/C18H23N3O6S/c1-26-14-6-4-3-5-12(14)16(23)20-13(7-10-28-2)17(24)27-11-15(22)21-9-8-19-18(21)25/h3-6,13H,7-11H2,1-2H3,(H,19,25)(H,20,23)/t13-/m1/s1. The van der Waals surface area contributed by atoms with E-state index in [2.05, 4.69) is 10.6 Å². The fourth-order valence-corrected chi connectivity index (χ4v) is 3.05. The van der Waals surface area contributed by atoms with E-state index < -0.39 is 36.5 Å². The van der Waals surface area contributed by atoms with E-state index in [0.717, 1.165) is 4.90 Å². The molecule has 4 amide bonds. The first-order valence-electron chi connectivity index (χ1n) is 8.65. The van der Waals surface area contributed by atoms with Crippen LogP contribution >= 0.6 is 11.8 Å². The molecule has 1 saturated heterocycles. The molecule has 1 aromatic rings. The van der Waals surface area contributed by atoms with Crippen molar-refractivity contribution in [1.29, 1.82) is 0 Å². The Kier molecular flexibility index (Phi) is 8.12. The third kappa shape index (κ3) is 5.62. The van der Waals surface area contributed by atoms with Crippen LogP contribution in [0.15, 0.2) is 24.3 Å². The fraction of sp³-hybridized carbons (Fsp3) is 0.444. The first-order chi connectivity index (χ1) is 13.5. The molecule has 0 bridgehead atoms. The molecule has 10 heteroatoms. The lowest BCUT2D eigenvalue weighted by molar-refractivity contribution is -0.152. The summed E-state index contributed by atoms with van der Waals surface area (Å²) in [7, 11) is 1.45. The van der Waals surface area contributed by atoms with Crippen LogP contribution < -0.4 is 15.4 Å². The van der Waals surface area contributed by atoms with E-state index in [0.29, 0.717) is 24.5 Å². The number of esters is 1. The van der Waals surface area contributed by atoms with Gasteiger partial charge in [0.15, 0.2) is 6.61 Å². The molecule has 1 atom stereocenters. The predicted molar refractivity (Wildman–Crippen MR) is 103 cm³/mol. The summed E-state index contributed by atoms with van der Waals surface area (Å²) < 4.78 is 10.2. The number of rotatable bonds is 9. The Bertz CT molecular complexity index is 742. The van der Waals surface area contributed by atoms with Gasteiger partial charge in [-0.15, -0.1) is 0 Å². The zero-order chi connectivity index (χ0) is 20.5. The molecule has 152 valence electrons. The van der Waals surface area contributed by atoms with Gasteiger partial charge in [0.2, 0.25) is 0 Å². The number of carbonyl (C=O) groups excluding carboxylic acids is 4. The number of carbonyl (C=O) groups is 4.